The summed E-state index contributed by atoms with van der Waals surface area (Å²) in [6.45, 7) is 1.65. The van der Waals surface area contributed by atoms with Crippen LogP contribution >= 0.6 is 0 Å². The minimum absolute atomic E-state index is 0. The minimum Gasteiger partial charge on any atom is -0.748 e. The quantitative estimate of drug-likeness (QED) is 0.430. The summed E-state index contributed by atoms with van der Waals surface area (Å²) in [6.07, 6.45) is 5.49. The van der Waals surface area contributed by atoms with Crippen molar-refractivity contribution in [2.24, 2.45) is 0 Å². The molecule has 0 bridgehead atoms. The Morgan fingerprint density at radius 1 is 1.54 bits per heavy atom. The summed E-state index contributed by atoms with van der Waals surface area (Å²) in [5.41, 5.74) is 0. The Hall–Kier alpha value is 0.120. The molecular weight excluding hydrogens is 203 g/mol. The number of H-pyrrole nitrogens is 1. The second-order valence-electron chi connectivity index (χ2n) is 2.02. The van der Waals surface area contributed by atoms with E-state index in [-0.39, 0.29) is 35.3 Å². The van der Waals surface area contributed by atoms with Crippen molar-refractivity contribution in [2.45, 2.75) is 13.3 Å². The Labute approximate surface area is 100 Å². The van der Waals surface area contributed by atoms with E-state index in [4.69, 9.17) is 0 Å². The van der Waals surface area contributed by atoms with Gasteiger partial charge in [-0.3, -0.25) is 0 Å². The average molecular weight is 214 g/mol. The third-order valence-corrected chi connectivity index (χ3v) is 1.77. The fourth-order valence-corrected chi connectivity index (χ4v) is 0.965. The number of aromatic nitrogens is 2. The fraction of sp³-hybridized carbons (Fsp3) is 0.500. The second-order valence-corrected chi connectivity index (χ2v) is 3.55. The van der Waals surface area contributed by atoms with Gasteiger partial charge in [-0.25, -0.2) is 13.4 Å². The number of nitrogens with zero attached hydrogens (tertiary/aromatic N) is 1. The van der Waals surface area contributed by atoms with Crippen LogP contribution in [0.25, 0.3) is 0 Å². The van der Waals surface area contributed by atoms with Crippen LogP contribution in [-0.4, -0.2) is 28.7 Å². The Morgan fingerprint density at radius 3 is 2.23 bits per heavy atom. The van der Waals surface area contributed by atoms with Crippen LogP contribution in [-0.2, 0) is 10.1 Å². The van der Waals surface area contributed by atoms with Crippen LogP contribution in [0.2, 0.25) is 0 Å². The molecule has 0 spiro atoms. The van der Waals surface area contributed by atoms with Crippen LogP contribution in [0, 0.1) is 0 Å². The molecule has 1 aromatic heterocycles. The van der Waals surface area contributed by atoms with Gasteiger partial charge in [0.1, 0.15) is 0 Å². The molecule has 0 fully saturated rings. The number of hydrogen-bond acceptors (Lipinski definition) is 4. The van der Waals surface area contributed by atoms with Crippen LogP contribution in [0.4, 0.5) is 0 Å². The van der Waals surface area contributed by atoms with Crippen LogP contribution in [0.3, 0.4) is 0 Å². The van der Waals surface area contributed by atoms with Crippen molar-refractivity contribution < 1.29 is 42.5 Å². The monoisotopic (exact) mass is 214 g/mol. The van der Waals surface area contributed by atoms with Gasteiger partial charge < -0.3 is 9.54 Å². The number of rotatable bonds is 2. The zero-order valence-corrected chi connectivity index (χ0v) is 10.5. The summed E-state index contributed by atoms with van der Waals surface area (Å²) in [7, 11) is -3.92. The van der Waals surface area contributed by atoms with Crippen molar-refractivity contribution in [1.82, 2.24) is 9.97 Å². The normalized spacial score (nSPS) is 9.38. The van der Waals surface area contributed by atoms with E-state index in [2.05, 4.69) is 9.97 Å². The van der Waals surface area contributed by atoms with E-state index in [1.54, 1.807) is 25.6 Å². The molecular formula is C6H11N2NaO3S. The van der Waals surface area contributed by atoms with Crippen LogP contribution in [0.1, 0.15) is 13.3 Å². The maximum atomic E-state index is 9.68. The SMILES string of the molecule is CCCS(=O)(=O)[O-].[Na+].c1c[nH]cn1. The van der Waals surface area contributed by atoms with Crippen molar-refractivity contribution in [3.05, 3.63) is 18.7 Å². The first-order chi connectivity index (χ1) is 5.56. The molecule has 1 N–H and O–H groups in total. The molecule has 70 valence electrons. The Kier molecular flexibility index (Phi) is 10.4. The van der Waals surface area contributed by atoms with E-state index in [9.17, 15) is 13.0 Å². The van der Waals surface area contributed by atoms with Crippen LogP contribution < -0.4 is 29.6 Å². The molecule has 0 saturated heterocycles. The molecule has 5 nitrogen and oxygen atoms in total. The third kappa shape index (κ3) is 14.9. The number of hydrogen-bond donors (Lipinski definition) is 1. The molecule has 0 radical (unpaired) electrons. The maximum absolute atomic E-state index is 9.68. The van der Waals surface area contributed by atoms with Gasteiger partial charge in [-0.1, -0.05) is 6.92 Å². The van der Waals surface area contributed by atoms with Gasteiger partial charge in [-0.15, -0.1) is 0 Å². The molecule has 13 heavy (non-hydrogen) atoms. The molecule has 1 heterocycles. The van der Waals surface area contributed by atoms with Gasteiger partial charge in [0.25, 0.3) is 0 Å². The standard InChI is InChI=1S/C3H4N2.C3H8O3S.Na/c1-2-5-3-4-1;1-2-3-7(4,5)6;/h1-3H,(H,4,5);2-3H2,1H3,(H,4,5,6);/q;;+1/p-1. The van der Waals surface area contributed by atoms with E-state index in [1.807, 2.05) is 0 Å². The molecule has 0 aliphatic rings. The number of nitrogens with one attached hydrogen (secondary N) is 1. The van der Waals surface area contributed by atoms with Gasteiger partial charge in [0.15, 0.2) is 0 Å². The predicted molar refractivity (Wildman–Crippen MR) is 43.4 cm³/mol. The molecule has 0 saturated carbocycles. The number of aromatic amines is 1. The molecule has 1 rings (SSSR count). The van der Waals surface area contributed by atoms with Gasteiger partial charge in [-0.2, -0.15) is 0 Å². The van der Waals surface area contributed by atoms with Gasteiger partial charge in [0.2, 0.25) is 0 Å². The van der Waals surface area contributed by atoms with Crippen molar-refractivity contribution >= 4 is 10.1 Å². The Bertz CT molecular complexity index is 255. The zero-order valence-electron chi connectivity index (χ0n) is 7.73. The first kappa shape index (κ1) is 15.6. The molecule has 0 unspecified atom stereocenters. The fourth-order valence-electron chi connectivity index (χ4n) is 0.465. The molecule has 1 aromatic rings. The molecule has 0 aromatic carbocycles. The van der Waals surface area contributed by atoms with Crippen LogP contribution in [0.15, 0.2) is 18.7 Å². The van der Waals surface area contributed by atoms with Crippen molar-refractivity contribution in [1.29, 1.82) is 0 Å². The summed E-state index contributed by atoms with van der Waals surface area (Å²) in [5, 5.41) is 0. The van der Waals surface area contributed by atoms with Gasteiger partial charge in [0, 0.05) is 18.1 Å². The third-order valence-electron chi connectivity index (χ3n) is 0.860. The van der Waals surface area contributed by atoms with Gasteiger partial charge >= 0.3 is 29.6 Å². The first-order valence-electron chi connectivity index (χ1n) is 3.42. The molecule has 7 heteroatoms. The molecule has 0 aliphatic heterocycles. The van der Waals surface area contributed by atoms with E-state index >= 15 is 0 Å². The summed E-state index contributed by atoms with van der Waals surface area (Å²) >= 11 is 0. The van der Waals surface area contributed by atoms with E-state index in [0.717, 1.165) is 0 Å². The van der Waals surface area contributed by atoms with Crippen molar-refractivity contribution in [3.8, 4) is 0 Å². The molecule has 0 amide bonds. The molecule has 0 aliphatic carbocycles. The molecule has 0 atom stereocenters. The Balaban J connectivity index is 0. The summed E-state index contributed by atoms with van der Waals surface area (Å²) in [4.78, 5) is 6.42. The van der Waals surface area contributed by atoms with Crippen molar-refractivity contribution in [2.75, 3.05) is 5.75 Å². The average Bonchev–Trinajstić information content (AvgIpc) is 2.38. The van der Waals surface area contributed by atoms with Crippen molar-refractivity contribution in [3.63, 3.8) is 0 Å². The predicted octanol–water partition coefficient (Wildman–Crippen LogP) is -2.64. The summed E-state index contributed by atoms with van der Waals surface area (Å²) < 4.78 is 29.0. The van der Waals surface area contributed by atoms with E-state index < -0.39 is 10.1 Å². The number of imidazole rings is 1. The van der Waals surface area contributed by atoms with E-state index in [0.29, 0.717) is 6.42 Å². The van der Waals surface area contributed by atoms with Gasteiger partial charge in [-0.05, 0) is 6.42 Å². The van der Waals surface area contributed by atoms with E-state index in [1.165, 1.54) is 0 Å². The summed E-state index contributed by atoms with van der Waals surface area (Å²) in [5.74, 6) is -0.243. The van der Waals surface area contributed by atoms with Crippen LogP contribution in [0.5, 0.6) is 0 Å². The topological polar surface area (TPSA) is 85.9 Å². The first-order valence-corrected chi connectivity index (χ1v) is 5.00. The summed E-state index contributed by atoms with van der Waals surface area (Å²) in [6, 6.07) is 0. The maximum Gasteiger partial charge on any atom is 1.00 e. The largest absolute Gasteiger partial charge is 1.00 e. The smallest absolute Gasteiger partial charge is 0.748 e. The Morgan fingerprint density at radius 2 is 2.15 bits per heavy atom. The minimum atomic E-state index is -3.92. The zero-order chi connectivity index (χ0) is 9.45. The van der Waals surface area contributed by atoms with Gasteiger partial charge in [0.05, 0.1) is 16.4 Å². The second kappa shape index (κ2) is 8.71.